The van der Waals surface area contributed by atoms with Crippen LogP contribution in [-0.2, 0) is 0 Å². The topological polar surface area (TPSA) is 49.5 Å². The molecule has 0 bridgehead atoms. The average Bonchev–Trinajstić information content (AvgIpc) is 2.33. The Morgan fingerprint density at radius 3 is 2.72 bits per heavy atom. The Bertz CT molecular complexity index is 412. The van der Waals surface area contributed by atoms with Crippen molar-refractivity contribution in [2.24, 2.45) is 5.73 Å². The smallest absolute Gasteiger partial charge is 0.135 e. The van der Waals surface area contributed by atoms with Gasteiger partial charge in [0.15, 0.2) is 0 Å². The fourth-order valence-electron chi connectivity index (χ4n) is 1.83. The summed E-state index contributed by atoms with van der Waals surface area (Å²) >= 11 is 4.89. The maximum atomic E-state index is 13.7. The van der Waals surface area contributed by atoms with Gasteiger partial charge in [-0.15, -0.1) is 0 Å². The molecule has 0 aliphatic rings. The van der Waals surface area contributed by atoms with Crippen molar-refractivity contribution in [2.75, 3.05) is 25.1 Å². The number of hydrogen-bond acceptors (Lipinski definition) is 3. The minimum Gasteiger partial charge on any atom is -0.396 e. The number of nitrogens with zero attached hydrogens (tertiary/aromatic N) is 1. The van der Waals surface area contributed by atoms with Crippen LogP contribution in [0.25, 0.3) is 0 Å². The summed E-state index contributed by atoms with van der Waals surface area (Å²) in [4.78, 5) is 2.01. The van der Waals surface area contributed by atoms with E-state index in [1.54, 1.807) is 6.07 Å². The summed E-state index contributed by atoms with van der Waals surface area (Å²) in [5, 5.41) is 8.70. The second-order valence-corrected chi connectivity index (χ2v) is 4.64. The van der Waals surface area contributed by atoms with Crippen molar-refractivity contribution in [1.82, 2.24) is 0 Å². The Morgan fingerprint density at radius 2 is 2.11 bits per heavy atom. The average molecular weight is 270 g/mol. The fraction of sp³-hybridized carbons (Fsp3) is 0.462. The first kappa shape index (κ1) is 14.9. The van der Waals surface area contributed by atoms with E-state index in [9.17, 15) is 4.39 Å². The number of benzene rings is 1. The monoisotopic (exact) mass is 270 g/mol. The zero-order valence-electron chi connectivity index (χ0n) is 10.5. The number of anilines is 1. The maximum absolute atomic E-state index is 13.7. The molecule has 0 heterocycles. The molecule has 3 N–H and O–H groups in total. The van der Waals surface area contributed by atoms with Crippen molar-refractivity contribution in [3.63, 3.8) is 0 Å². The van der Waals surface area contributed by atoms with Crippen LogP contribution in [0.15, 0.2) is 18.2 Å². The van der Waals surface area contributed by atoms with E-state index in [4.69, 9.17) is 23.1 Å². The number of aliphatic hydroxyl groups is 1. The summed E-state index contributed by atoms with van der Waals surface area (Å²) in [5.41, 5.74) is 6.58. The molecule has 0 unspecified atom stereocenters. The summed E-state index contributed by atoms with van der Waals surface area (Å²) in [7, 11) is 1.88. The van der Waals surface area contributed by atoms with Crippen LogP contribution in [0.2, 0.25) is 0 Å². The van der Waals surface area contributed by atoms with Crippen molar-refractivity contribution in [3.8, 4) is 0 Å². The maximum Gasteiger partial charge on any atom is 0.135 e. The molecule has 0 radical (unpaired) electrons. The Morgan fingerprint density at radius 1 is 1.39 bits per heavy atom. The number of halogens is 1. The molecule has 3 nitrogen and oxygen atoms in total. The van der Waals surface area contributed by atoms with Gasteiger partial charge in [0, 0.05) is 25.9 Å². The van der Waals surface area contributed by atoms with Crippen LogP contribution in [0.5, 0.6) is 0 Å². The largest absolute Gasteiger partial charge is 0.396 e. The standard InChI is InChI=1S/C13H19FN2OS/c1-16(8-3-2-4-9-17)11-7-5-6-10(14)12(11)13(15)18/h5-7,17H,2-4,8-9H2,1H3,(H2,15,18). The Labute approximate surface area is 112 Å². The molecule has 18 heavy (non-hydrogen) atoms. The van der Waals surface area contributed by atoms with E-state index in [1.165, 1.54) is 6.07 Å². The van der Waals surface area contributed by atoms with Gasteiger partial charge in [-0.3, -0.25) is 0 Å². The highest BCUT2D eigenvalue weighted by atomic mass is 32.1. The summed E-state index contributed by atoms with van der Waals surface area (Å²) in [6.45, 7) is 0.987. The fourth-order valence-corrected chi connectivity index (χ4v) is 2.03. The molecule has 5 heteroatoms. The van der Waals surface area contributed by atoms with Gasteiger partial charge in [-0.05, 0) is 31.4 Å². The van der Waals surface area contributed by atoms with Crippen LogP contribution >= 0.6 is 12.2 Å². The van der Waals surface area contributed by atoms with Gasteiger partial charge < -0.3 is 15.7 Å². The van der Waals surface area contributed by atoms with Crippen LogP contribution < -0.4 is 10.6 Å². The zero-order valence-corrected chi connectivity index (χ0v) is 11.3. The van der Waals surface area contributed by atoms with Gasteiger partial charge in [0.1, 0.15) is 10.8 Å². The van der Waals surface area contributed by atoms with E-state index < -0.39 is 0 Å². The minimum absolute atomic E-state index is 0.0744. The first-order valence-electron chi connectivity index (χ1n) is 5.98. The number of nitrogens with two attached hydrogens (primary N) is 1. The van der Waals surface area contributed by atoms with E-state index in [-0.39, 0.29) is 17.4 Å². The lowest BCUT2D eigenvalue weighted by molar-refractivity contribution is 0.283. The van der Waals surface area contributed by atoms with Crippen molar-refractivity contribution >= 4 is 22.9 Å². The second-order valence-electron chi connectivity index (χ2n) is 4.20. The van der Waals surface area contributed by atoms with Crippen molar-refractivity contribution in [1.29, 1.82) is 0 Å². The van der Waals surface area contributed by atoms with Crippen LogP contribution in [0.4, 0.5) is 10.1 Å². The lowest BCUT2D eigenvalue weighted by Crippen LogP contribution is -2.24. The third kappa shape index (κ3) is 3.92. The number of aliphatic hydroxyl groups excluding tert-OH is 1. The van der Waals surface area contributed by atoms with Crippen LogP contribution in [0.3, 0.4) is 0 Å². The van der Waals surface area contributed by atoms with Gasteiger partial charge in [0.05, 0.1) is 5.56 Å². The molecule has 1 rings (SSSR count). The lowest BCUT2D eigenvalue weighted by atomic mass is 10.1. The van der Waals surface area contributed by atoms with E-state index in [0.29, 0.717) is 11.3 Å². The third-order valence-electron chi connectivity index (χ3n) is 2.80. The molecule has 0 aliphatic heterocycles. The van der Waals surface area contributed by atoms with Crippen molar-refractivity contribution in [3.05, 3.63) is 29.6 Å². The molecule has 0 aromatic heterocycles. The molecule has 100 valence electrons. The third-order valence-corrected chi connectivity index (χ3v) is 3.01. The number of unbranched alkanes of at least 4 members (excludes halogenated alkanes) is 2. The molecule has 0 aliphatic carbocycles. The first-order valence-corrected chi connectivity index (χ1v) is 6.39. The van der Waals surface area contributed by atoms with Crippen molar-refractivity contribution < 1.29 is 9.50 Å². The predicted molar refractivity (Wildman–Crippen MR) is 76.5 cm³/mol. The Kier molecular flexibility index (Phi) is 6.01. The number of rotatable bonds is 7. The molecule has 0 spiro atoms. The second kappa shape index (κ2) is 7.28. The lowest BCUT2D eigenvalue weighted by Gasteiger charge is -2.22. The van der Waals surface area contributed by atoms with E-state index in [2.05, 4.69) is 0 Å². The van der Waals surface area contributed by atoms with Crippen LogP contribution in [0.1, 0.15) is 24.8 Å². The van der Waals surface area contributed by atoms with Crippen LogP contribution in [0, 0.1) is 5.82 Å². The van der Waals surface area contributed by atoms with E-state index in [0.717, 1.165) is 25.8 Å². The summed E-state index contributed by atoms with van der Waals surface area (Å²) < 4.78 is 13.7. The van der Waals surface area contributed by atoms with Gasteiger partial charge in [-0.2, -0.15) is 0 Å². The molecule has 0 saturated carbocycles. The van der Waals surface area contributed by atoms with Gasteiger partial charge in [0.25, 0.3) is 0 Å². The molecular formula is C13H19FN2OS. The highest BCUT2D eigenvalue weighted by Crippen LogP contribution is 2.22. The molecule has 0 atom stereocenters. The number of hydrogen-bond donors (Lipinski definition) is 2. The van der Waals surface area contributed by atoms with E-state index in [1.807, 2.05) is 18.0 Å². The molecule has 1 aromatic rings. The summed E-state index contributed by atoms with van der Waals surface area (Å²) in [6, 6.07) is 4.82. The first-order chi connectivity index (χ1) is 8.57. The van der Waals surface area contributed by atoms with E-state index >= 15 is 0 Å². The summed E-state index contributed by atoms with van der Waals surface area (Å²) in [6.07, 6.45) is 2.67. The molecule has 0 amide bonds. The highest BCUT2D eigenvalue weighted by Gasteiger charge is 2.13. The SMILES string of the molecule is CN(CCCCCO)c1cccc(F)c1C(N)=S. The van der Waals surface area contributed by atoms with Gasteiger partial charge in [0.2, 0.25) is 0 Å². The zero-order chi connectivity index (χ0) is 13.5. The molecular weight excluding hydrogens is 251 g/mol. The highest BCUT2D eigenvalue weighted by molar-refractivity contribution is 7.80. The van der Waals surface area contributed by atoms with Gasteiger partial charge in [-0.25, -0.2) is 4.39 Å². The van der Waals surface area contributed by atoms with Crippen LogP contribution in [-0.4, -0.2) is 30.3 Å². The van der Waals surface area contributed by atoms with Gasteiger partial charge in [-0.1, -0.05) is 18.3 Å². The summed E-state index contributed by atoms with van der Waals surface area (Å²) in [5.74, 6) is -0.387. The molecule has 0 saturated heterocycles. The number of thiocarbonyl (C=S) groups is 1. The normalized spacial score (nSPS) is 10.4. The van der Waals surface area contributed by atoms with Crippen molar-refractivity contribution in [2.45, 2.75) is 19.3 Å². The Balaban J connectivity index is 2.76. The Hall–Kier alpha value is -1.20. The minimum atomic E-state index is -0.387. The predicted octanol–water partition coefficient (Wildman–Crippen LogP) is 2.06. The molecule has 1 aromatic carbocycles. The van der Waals surface area contributed by atoms with Gasteiger partial charge >= 0.3 is 0 Å². The quantitative estimate of drug-likeness (QED) is 0.588. The molecule has 0 fully saturated rings.